The second kappa shape index (κ2) is 5.39. The molecule has 0 heterocycles. The van der Waals surface area contributed by atoms with Crippen molar-refractivity contribution >= 4 is 23.4 Å². The Morgan fingerprint density at radius 3 is 2.39 bits per heavy atom. The molecule has 0 fully saturated rings. The number of nitrogens with two attached hydrogens (primary N) is 1. The van der Waals surface area contributed by atoms with Crippen molar-refractivity contribution in [3.05, 3.63) is 23.8 Å². The number of rotatable bonds is 3. The third kappa shape index (κ3) is 2.71. The summed E-state index contributed by atoms with van der Waals surface area (Å²) in [5.74, 6) is -1.05. The van der Waals surface area contributed by atoms with Gasteiger partial charge in [-0.3, -0.25) is 4.90 Å². The van der Waals surface area contributed by atoms with Crippen LogP contribution in [0.25, 0.3) is 0 Å². The van der Waals surface area contributed by atoms with Gasteiger partial charge >= 0.3 is 12.0 Å². The number of carboxylic acids is 1. The van der Waals surface area contributed by atoms with E-state index in [1.807, 2.05) is 6.92 Å². The van der Waals surface area contributed by atoms with Gasteiger partial charge in [0.2, 0.25) is 0 Å². The molecule has 0 atom stereocenters. The molecule has 0 saturated carbocycles. The van der Waals surface area contributed by atoms with Crippen LogP contribution in [0.2, 0.25) is 0 Å². The first-order valence-corrected chi connectivity index (χ1v) is 5.50. The molecule has 0 spiro atoms. The van der Waals surface area contributed by atoms with Crippen molar-refractivity contribution in [1.29, 1.82) is 0 Å². The van der Waals surface area contributed by atoms with Crippen molar-refractivity contribution in [2.75, 3.05) is 31.3 Å². The fraction of sp³-hybridized carbons (Fsp3) is 0.333. The smallest absolute Gasteiger partial charge is 0.335 e. The Bertz CT molecular complexity index is 474. The number of carbonyl (C=O) groups is 2. The zero-order valence-corrected chi connectivity index (χ0v) is 10.7. The van der Waals surface area contributed by atoms with E-state index in [4.69, 9.17) is 10.8 Å². The molecule has 6 heteroatoms. The lowest BCUT2D eigenvalue weighted by Crippen LogP contribution is -2.38. The summed E-state index contributed by atoms with van der Waals surface area (Å²) in [6.45, 7) is 2.44. The third-order valence-electron chi connectivity index (χ3n) is 2.72. The monoisotopic (exact) mass is 251 g/mol. The molecule has 1 aromatic carbocycles. The molecule has 0 aliphatic rings. The van der Waals surface area contributed by atoms with Crippen LogP contribution in [0.15, 0.2) is 18.2 Å². The van der Waals surface area contributed by atoms with E-state index in [1.54, 1.807) is 14.1 Å². The van der Waals surface area contributed by atoms with E-state index < -0.39 is 5.97 Å². The fourth-order valence-corrected chi connectivity index (χ4v) is 1.49. The predicted octanol–water partition coefficient (Wildman–Crippen LogP) is 1.47. The van der Waals surface area contributed by atoms with Crippen LogP contribution in [0.1, 0.15) is 17.3 Å². The summed E-state index contributed by atoms with van der Waals surface area (Å²) in [4.78, 5) is 25.6. The molecule has 1 aromatic rings. The number of carbonyl (C=O) groups excluding carboxylic acids is 1. The highest BCUT2D eigenvalue weighted by atomic mass is 16.4. The Kier molecular flexibility index (Phi) is 4.14. The van der Waals surface area contributed by atoms with E-state index in [0.29, 0.717) is 12.2 Å². The molecule has 6 nitrogen and oxygen atoms in total. The van der Waals surface area contributed by atoms with Crippen molar-refractivity contribution in [2.24, 2.45) is 0 Å². The van der Waals surface area contributed by atoms with Crippen LogP contribution in [0.3, 0.4) is 0 Å². The van der Waals surface area contributed by atoms with E-state index in [9.17, 15) is 9.59 Å². The van der Waals surface area contributed by atoms with Crippen LogP contribution in [-0.4, -0.2) is 42.6 Å². The number of nitrogen functional groups attached to an aromatic ring is 1. The molecular formula is C12H17N3O3. The summed E-state index contributed by atoms with van der Waals surface area (Å²) in [5.41, 5.74) is 6.61. The Labute approximate surface area is 106 Å². The van der Waals surface area contributed by atoms with Gasteiger partial charge in [0.1, 0.15) is 0 Å². The Hall–Kier alpha value is -2.24. The van der Waals surface area contributed by atoms with E-state index >= 15 is 0 Å². The minimum absolute atomic E-state index is 0.0981. The fourth-order valence-electron chi connectivity index (χ4n) is 1.49. The van der Waals surface area contributed by atoms with Gasteiger partial charge in [-0.15, -0.1) is 0 Å². The highest BCUT2D eigenvalue weighted by molar-refractivity contribution is 5.96. The first-order valence-electron chi connectivity index (χ1n) is 5.50. The average molecular weight is 251 g/mol. The first kappa shape index (κ1) is 13.8. The van der Waals surface area contributed by atoms with Crippen LogP contribution in [0, 0.1) is 0 Å². The van der Waals surface area contributed by atoms with Crippen LogP contribution < -0.4 is 10.6 Å². The second-order valence-electron chi connectivity index (χ2n) is 3.93. The van der Waals surface area contributed by atoms with Crippen molar-refractivity contribution in [3.63, 3.8) is 0 Å². The standard InChI is InChI=1S/C12H17N3O3/c1-4-14(2)12(18)15(3)10-6-5-8(11(16)17)7-9(10)13/h5-7H,4,13H2,1-3H3,(H,16,17). The lowest BCUT2D eigenvalue weighted by Gasteiger charge is -2.25. The number of aromatic carboxylic acids is 1. The first-order chi connectivity index (χ1) is 8.38. The van der Waals surface area contributed by atoms with Gasteiger partial charge in [-0.2, -0.15) is 0 Å². The molecule has 3 N–H and O–H groups in total. The zero-order chi connectivity index (χ0) is 13.9. The summed E-state index contributed by atoms with van der Waals surface area (Å²) >= 11 is 0. The van der Waals surface area contributed by atoms with E-state index in [1.165, 1.54) is 28.0 Å². The Morgan fingerprint density at radius 1 is 1.33 bits per heavy atom. The molecule has 0 aliphatic heterocycles. The number of amides is 2. The largest absolute Gasteiger partial charge is 0.478 e. The molecule has 0 saturated heterocycles. The Morgan fingerprint density at radius 2 is 1.94 bits per heavy atom. The summed E-state index contributed by atoms with van der Waals surface area (Å²) in [6, 6.07) is 4.09. The number of carboxylic acid groups (broad SMARTS) is 1. The molecule has 0 aliphatic carbocycles. The molecule has 0 unspecified atom stereocenters. The van der Waals surface area contributed by atoms with Crippen molar-refractivity contribution in [2.45, 2.75) is 6.92 Å². The number of hydrogen-bond acceptors (Lipinski definition) is 3. The van der Waals surface area contributed by atoms with Crippen molar-refractivity contribution in [3.8, 4) is 0 Å². The molecule has 0 radical (unpaired) electrons. The van der Waals surface area contributed by atoms with Gasteiger partial charge in [-0.1, -0.05) is 0 Å². The van der Waals surface area contributed by atoms with E-state index in [-0.39, 0.29) is 17.3 Å². The minimum Gasteiger partial charge on any atom is -0.478 e. The predicted molar refractivity (Wildman–Crippen MR) is 69.9 cm³/mol. The van der Waals surface area contributed by atoms with Gasteiger partial charge in [0.15, 0.2) is 0 Å². The van der Waals surface area contributed by atoms with Crippen LogP contribution in [0.4, 0.5) is 16.2 Å². The third-order valence-corrected chi connectivity index (χ3v) is 2.72. The van der Waals surface area contributed by atoms with Gasteiger partial charge in [0.25, 0.3) is 0 Å². The van der Waals surface area contributed by atoms with Crippen molar-refractivity contribution in [1.82, 2.24) is 4.90 Å². The molecular weight excluding hydrogens is 234 g/mol. The van der Waals surface area contributed by atoms with Gasteiger partial charge in [-0.05, 0) is 25.1 Å². The van der Waals surface area contributed by atoms with E-state index in [0.717, 1.165) is 0 Å². The lowest BCUT2D eigenvalue weighted by atomic mass is 10.1. The van der Waals surface area contributed by atoms with Gasteiger partial charge in [-0.25, -0.2) is 9.59 Å². The number of hydrogen-bond donors (Lipinski definition) is 2. The average Bonchev–Trinajstić information content (AvgIpc) is 2.35. The minimum atomic E-state index is -1.05. The molecule has 18 heavy (non-hydrogen) atoms. The summed E-state index contributed by atoms with van der Waals surface area (Å²) in [5, 5.41) is 8.83. The molecule has 2 amide bonds. The normalized spacial score (nSPS) is 9.94. The van der Waals surface area contributed by atoms with Crippen LogP contribution in [-0.2, 0) is 0 Å². The lowest BCUT2D eigenvalue weighted by molar-refractivity contribution is 0.0697. The molecule has 0 bridgehead atoms. The maximum atomic E-state index is 11.9. The summed E-state index contributed by atoms with van der Waals surface area (Å²) < 4.78 is 0. The number of nitrogens with zero attached hydrogens (tertiary/aromatic N) is 2. The molecule has 1 rings (SSSR count). The summed E-state index contributed by atoms with van der Waals surface area (Å²) in [7, 11) is 3.28. The van der Waals surface area contributed by atoms with Crippen LogP contribution >= 0.6 is 0 Å². The number of anilines is 2. The number of benzene rings is 1. The maximum Gasteiger partial charge on any atom is 0.335 e. The maximum absolute atomic E-state index is 11.9. The van der Waals surface area contributed by atoms with E-state index in [2.05, 4.69) is 0 Å². The Balaban J connectivity index is 3.04. The molecule has 98 valence electrons. The van der Waals surface area contributed by atoms with Crippen LogP contribution in [0.5, 0.6) is 0 Å². The molecule has 0 aromatic heterocycles. The highest BCUT2D eigenvalue weighted by Gasteiger charge is 2.17. The second-order valence-corrected chi connectivity index (χ2v) is 3.93. The van der Waals surface area contributed by atoms with Gasteiger partial charge in [0.05, 0.1) is 16.9 Å². The summed E-state index contributed by atoms with van der Waals surface area (Å²) in [6.07, 6.45) is 0. The van der Waals surface area contributed by atoms with Gasteiger partial charge in [0, 0.05) is 20.6 Å². The highest BCUT2D eigenvalue weighted by Crippen LogP contribution is 2.24. The quantitative estimate of drug-likeness (QED) is 0.796. The number of urea groups is 1. The zero-order valence-electron chi connectivity index (χ0n) is 10.7. The van der Waals surface area contributed by atoms with Crippen molar-refractivity contribution < 1.29 is 14.7 Å². The SMILES string of the molecule is CCN(C)C(=O)N(C)c1ccc(C(=O)O)cc1N. The topological polar surface area (TPSA) is 86.9 Å². The van der Waals surface area contributed by atoms with Gasteiger partial charge < -0.3 is 15.7 Å².